The molecule has 3 aromatic rings. The predicted octanol–water partition coefficient (Wildman–Crippen LogP) is 4.06. The average molecular weight is 416 g/mol. The van der Waals surface area contributed by atoms with Gasteiger partial charge >= 0.3 is 0 Å². The van der Waals surface area contributed by atoms with Crippen LogP contribution in [0.5, 0.6) is 0 Å². The summed E-state index contributed by atoms with van der Waals surface area (Å²) in [4.78, 5) is 40.1. The highest BCUT2D eigenvalue weighted by atomic mass is 19.1. The summed E-state index contributed by atoms with van der Waals surface area (Å²) < 4.78 is 13.4. The van der Waals surface area contributed by atoms with E-state index in [4.69, 9.17) is 0 Å². The second-order valence-corrected chi connectivity index (χ2v) is 7.67. The van der Waals surface area contributed by atoms with Crippen LogP contribution in [0.2, 0.25) is 0 Å². The Hall–Kier alpha value is -3.64. The number of rotatable bonds is 5. The zero-order valence-corrected chi connectivity index (χ0v) is 17.2. The largest absolute Gasteiger partial charge is 0.325 e. The summed E-state index contributed by atoms with van der Waals surface area (Å²) in [6.45, 7) is 2.15. The summed E-state index contributed by atoms with van der Waals surface area (Å²) in [7, 11) is 1.78. The van der Waals surface area contributed by atoms with Crippen LogP contribution in [0.4, 0.5) is 10.1 Å². The lowest BCUT2D eigenvalue weighted by molar-refractivity contribution is -0.120. The molecule has 1 amide bonds. The molecule has 1 aliphatic carbocycles. The highest BCUT2D eigenvalue weighted by molar-refractivity contribution is 6.28. The molecule has 0 bridgehead atoms. The quantitative estimate of drug-likeness (QED) is 0.533. The Labute approximate surface area is 179 Å². The van der Waals surface area contributed by atoms with E-state index < -0.39 is 6.04 Å². The van der Waals surface area contributed by atoms with Crippen molar-refractivity contribution in [1.82, 2.24) is 4.90 Å². The Morgan fingerprint density at radius 1 is 0.903 bits per heavy atom. The van der Waals surface area contributed by atoms with Crippen molar-refractivity contribution in [3.05, 3.63) is 100 Å². The van der Waals surface area contributed by atoms with E-state index in [0.717, 1.165) is 5.56 Å². The molecule has 0 unspecified atom stereocenters. The highest BCUT2D eigenvalue weighted by Crippen LogP contribution is 2.29. The van der Waals surface area contributed by atoms with Crippen molar-refractivity contribution >= 4 is 23.2 Å². The molecule has 31 heavy (non-hydrogen) atoms. The number of likely N-dealkylation sites (N-methyl/N-ethyl adjacent to an activating group) is 1. The Balaban J connectivity index is 1.50. The van der Waals surface area contributed by atoms with E-state index >= 15 is 0 Å². The van der Waals surface area contributed by atoms with Gasteiger partial charge in [0, 0.05) is 34.5 Å². The van der Waals surface area contributed by atoms with Gasteiger partial charge in [0.25, 0.3) is 0 Å². The molecule has 0 saturated carbocycles. The second kappa shape index (κ2) is 8.24. The minimum absolute atomic E-state index is 0.203. The van der Waals surface area contributed by atoms with E-state index in [0.29, 0.717) is 28.9 Å². The van der Waals surface area contributed by atoms with E-state index in [1.165, 1.54) is 12.1 Å². The summed E-state index contributed by atoms with van der Waals surface area (Å²) in [5.74, 6) is -1.03. The Morgan fingerprint density at radius 2 is 1.55 bits per heavy atom. The number of ketones is 2. The number of fused-ring (bicyclic) bond motifs is 2. The normalized spacial score (nSPS) is 13.5. The minimum Gasteiger partial charge on any atom is -0.325 e. The summed E-state index contributed by atoms with van der Waals surface area (Å²) in [6, 6.07) is 17.2. The van der Waals surface area contributed by atoms with E-state index in [1.54, 1.807) is 73.5 Å². The van der Waals surface area contributed by atoms with Gasteiger partial charge in [0.2, 0.25) is 5.91 Å². The molecule has 0 spiro atoms. The molecule has 0 radical (unpaired) electrons. The fourth-order valence-corrected chi connectivity index (χ4v) is 3.68. The van der Waals surface area contributed by atoms with Crippen LogP contribution in [0.25, 0.3) is 0 Å². The molecule has 156 valence electrons. The molecule has 1 aliphatic rings. The Bertz CT molecular complexity index is 1200. The molecule has 0 aromatic heterocycles. The van der Waals surface area contributed by atoms with Crippen LogP contribution in [-0.4, -0.2) is 35.5 Å². The third-order valence-corrected chi connectivity index (χ3v) is 5.55. The van der Waals surface area contributed by atoms with Crippen LogP contribution >= 0.6 is 0 Å². The van der Waals surface area contributed by atoms with Gasteiger partial charge in [0.1, 0.15) is 5.82 Å². The van der Waals surface area contributed by atoms with Gasteiger partial charge in [0.15, 0.2) is 11.6 Å². The molecule has 5 nitrogen and oxygen atoms in total. The van der Waals surface area contributed by atoms with Crippen LogP contribution in [0.1, 0.15) is 44.3 Å². The molecule has 1 N–H and O–H groups in total. The van der Waals surface area contributed by atoms with E-state index in [-0.39, 0.29) is 28.9 Å². The number of benzene rings is 3. The lowest BCUT2D eigenvalue weighted by Gasteiger charge is -2.24. The third-order valence-electron chi connectivity index (χ3n) is 5.55. The van der Waals surface area contributed by atoms with Crippen molar-refractivity contribution in [1.29, 1.82) is 0 Å². The average Bonchev–Trinajstić information content (AvgIpc) is 2.77. The first-order chi connectivity index (χ1) is 14.8. The molecule has 4 rings (SSSR count). The number of nitrogens with one attached hydrogen (secondary N) is 1. The number of amides is 1. The first-order valence-electron chi connectivity index (χ1n) is 9.93. The number of hydrogen-bond acceptors (Lipinski definition) is 4. The predicted molar refractivity (Wildman–Crippen MR) is 116 cm³/mol. The topological polar surface area (TPSA) is 66.5 Å². The van der Waals surface area contributed by atoms with E-state index in [9.17, 15) is 18.8 Å². The Kier molecular flexibility index (Phi) is 5.48. The molecule has 3 aromatic carbocycles. The number of carbonyl (C=O) groups is 3. The van der Waals surface area contributed by atoms with Crippen LogP contribution in [0.3, 0.4) is 0 Å². The van der Waals surface area contributed by atoms with Crippen molar-refractivity contribution < 1.29 is 18.8 Å². The van der Waals surface area contributed by atoms with Crippen molar-refractivity contribution in [3.63, 3.8) is 0 Å². The molecule has 0 fully saturated rings. The van der Waals surface area contributed by atoms with Gasteiger partial charge in [-0.25, -0.2) is 4.39 Å². The van der Waals surface area contributed by atoms with Gasteiger partial charge in [-0.2, -0.15) is 0 Å². The SMILES string of the molecule is C[C@H](C(=O)Nc1ccc2c(c1)C(=O)c1ccccc1C2=O)N(C)Cc1cccc(F)c1. The van der Waals surface area contributed by atoms with Crippen LogP contribution in [0, 0.1) is 5.82 Å². The lowest BCUT2D eigenvalue weighted by Crippen LogP contribution is -2.39. The number of halogens is 1. The highest BCUT2D eigenvalue weighted by Gasteiger charge is 2.29. The van der Waals surface area contributed by atoms with Crippen LogP contribution in [-0.2, 0) is 11.3 Å². The molecule has 1 atom stereocenters. The lowest BCUT2D eigenvalue weighted by atomic mass is 9.84. The van der Waals surface area contributed by atoms with Crippen molar-refractivity contribution in [2.75, 3.05) is 12.4 Å². The van der Waals surface area contributed by atoms with Crippen molar-refractivity contribution in [2.24, 2.45) is 0 Å². The standard InChI is InChI=1S/C25H21FN2O3/c1-15(28(2)14-16-6-5-7-17(26)12-16)25(31)27-18-10-11-21-22(13-18)24(30)20-9-4-3-8-19(20)23(21)29/h3-13,15H,14H2,1-2H3,(H,27,31)/t15-/m1/s1. The monoisotopic (exact) mass is 416 g/mol. The fourth-order valence-electron chi connectivity index (χ4n) is 3.68. The number of anilines is 1. The molecule has 0 aliphatic heterocycles. The minimum atomic E-state index is -0.502. The zero-order chi connectivity index (χ0) is 22.1. The van der Waals surface area contributed by atoms with Crippen LogP contribution < -0.4 is 5.32 Å². The summed E-state index contributed by atoms with van der Waals surface area (Å²) in [5, 5.41) is 2.81. The summed E-state index contributed by atoms with van der Waals surface area (Å²) >= 11 is 0. The van der Waals surface area contributed by atoms with Gasteiger partial charge < -0.3 is 5.32 Å². The molecular formula is C25H21FN2O3. The van der Waals surface area contributed by atoms with Gasteiger partial charge in [-0.05, 0) is 49.9 Å². The van der Waals surface area contributed by atoms with E-state index in [1.807, 2.05) is 0 Å². The maximum Gasteiger partial charge on any atom is 0.241 e. The second-order valence-electron chi connectivity index (χ2n) is 7.67. The van der Waals surface area contributed by atoms with Gasteiger partial charge in [-0.15, -0.1) is 0 Å². The van der Waals surface area contributed by atoms with Crippen molar-refractivity contribution in [2.45, 2.75) is 19.5 Å². The first kappa shape index (κ1) is 20.6. The number of hydrogen-bond donors (Lipinski definition) is 1. The zero-order valence-electron chi connectivity index (χ0n) is 17.2. The smallest absolute Gasteiger partial charge is 0.241 e. The maximum absolute atomic E-state index is 13.4. The fraction of sp³-hybridized carbons (Fsp3) is 0.160. The number of nitrogens with zero attached hydrogens (tertiary/aromatic N) is 1. The summed E-state index contributed by atoms with van der Waals surface area (Å²) in [5.41, 5.74) is 2.57. The molecule has 0 saturated heterocycles. The number of carbonyl (C=O) groups excluding carboxylic acids is 3. The summed E-state index contributed by atoms with van der Waals surface area (Å²) in [6.07, 6.45) is 0. The van der Waals surface area contributed by atoms with Gasteiger partial charge in [-0.1, -0.05) is 36.4 Å². The van der Waals surface area contributed by atoms with Gasteiger partial charge in [0.05, 0.1) is 6.04 Å². The van der Waals surface area contributed by atoms with E-state index in [2.05, 4.69) is 5.32 Å². The molecule has 0 heterocycles. The van der Waals surface area contributed by atoms with Gasteiger partial charge in [-0.3, -0.25) is 19.3 Å². The maximum atomic E-state index is 13.4. The first-order valence-corrected chi connectivity index (χ1v) is 9.93. The molecule has 6 heteroatoms. The van der Waals surface area contributed by atoms with Crippen LogP contribution in [0.15, 0.2) is 66.7 Å². The molecular weight excluding hydrogens is 395 g/mol. The van der Waals surface area contributed by atoms with Crippen molar-refractivity contribution in [3.8, 4) is 0 Å². The Morgan fingerprint density at radius 3 is 2.23 bits per heavy atom. The third kappa shape index (κ3) is 4.02.